The van der Waals surface area contributed by atoms with Crippen LogP contribution < -0.4 is 24.6 Å². The number of aryl methyl sites for hydroxylation is 3. The molecule has 0 N–H and O–H groups in total. The molecule has 0 amide bonds. The molecule has 4 heterocycles. The minimum absolute atomic E-state index is 0.446. The van der Waals surface area contributed by atoms with E-state index in [0.29, 0.717) is 11.5 Å². The Morgan fingerprint density at radius 1 is 0.500 bits per heavy atom. The molecule has 56 heavy (non-hydrogen) atoms. The molecule has 1 aliphatic heterocycles. The number of para-hydroxylation sites is 4. The van der Waals surface area contributed by atoms with Crippen LogP contribution in [0.4, 0.5) is 0 Å². The quantitative estimate of drug-likeness (QED) is 0.112. The van der Waals surface area contributed by atoms with E-state index in [4.69, 9.17) is 30.0 Å². The molecule has 0 fully saturated rings. The predicted octanol–water partition coefficient (Wildman–Crippen LogP) is 10.4. The van der Waals surface area contributed by atoms with Gasteiger partial charge in [0.15, 0.2) is 5.69 Å². The van der Waals surface area contributed by atoms with Gasteiger partial charge in [-0.1, -0.05) is 24.3 Å². The van der Waals surface area contributed by atoms with Crippen molar-refractivity contribution in [3.63, 3.8) is 0 Å². The molecular formula is C47H37GaN3O5+. The second kappa shape index (κ2) is 15.3. The second-order valence-corrected chi connectivity index (χ2v) is 16.3. The summed E-state index contributed by atoms with van der Waals surface area (Å²) in [5, 5.41) is 5.29. The summed E-state index contributed by atoms with van der Waals surface area (Å²) >= 11 is -3.46. The van der Waals surface area contributed by atoms with Gasteiger partial charge in [-0.05, 0) is 30.3 Å². The van der Waals surface area contributed by atoms with E-state index in [1.807, 2.05) is 129 Å². The average Bonchev–Trinajstić information content (AvgIpc) is 3.60. The maximum Gasteiger partial charge on any atom is 0.468 e. The zero-order chi connectivity index (χ0) is 38.0. The van der Waals surface area contributed by atoms with Crippen LogP contribution in [0.25, 0.3) is 43.5 Å². The van der Waals surface area contributed by atoms with Gasteiger partial charge in [0.1, 0.15) is 5.75 Å². The molecule has 272 valence electrons. The Morgan fingerprint density at radius 2 is 1.04 bits per heavy atom. The normalized spacial score (nSPS) is 12.9. The van der Waals surface area contributed by atoms with Crippen molar-refractivity contribution in [2.45, 2.75) is 27.2 Å². The van der Waals surface area contributed by atoms with E-state index in [0.717, 1.165) is 77.8 Å². The van der Waals surface area contributed by atoms with Gasteiger partial charge < -0.3 is 9.47 Å². The first-order chi connectivity index (χ1) is 27.5. The minimum atomic E-state index is -3.46. The number of aromatic nitrogens is 3. The Hall–Kier alpha value is -6.55. The topological polar surface area (TPSA) is 75.8 Å². The van der Waals surface area contributed by atoms with Crippen molar-refractivity contribution in [1.82, 2.24) is 9.97 Å². The zero-order valence-corrected chi connectivity index (χ0v) is 33.5. The van der Waals surface area contributed by atoms with Crippen molar-refractivity contribution in [2.24, 2.45) is 0 Å². The summed E-state index contributed by atoms with van der Waals surface area (Å²) in [6, 6.07) is 54.1. The molecule has 3 aromatic heterocycles. The summed E-state index contributed by atoms with van der Waals surface area (Å²) < 4.78 is 33.7. The van der Waals surface area contributed by atoms with Crippen LogP contribution in [0.5, 0.6) is 28.7 Å². The van der Waals surface area contributed by atoms with Crippen molar-refractivity contribution < 1.29 is 24.6 Å². The molecule has 0 aliphatic carbocycles. The van der Waals surface area contributed by atoms with Gasteiger partial charge in [-0.3, -0.25) is 0 Å². The van der Waals surface area contributed by atoms with E-state index < -0.39 is 23.7 Å². The molecule has 9 aromatic rings. The molecule has 0 bridgehead atoms. The van der Waals surface area contributed by atoms with Crippen molar-refractivity contribution >= 4 is 60.8 Å². The average molecular weight is 794 g/mol. The third kappa shape index (κ3) is 7.17. The van der Waals surface area contributed by atoms with Gasteiger partial charge in [0, 0.05) is 13.0 Å². The molecule has 1 aliphatic rings. The smallest absolute Gasteiger partial charge is 0.402 e. The number of fused-ring (bicyclic) bond motifs is 3. The van der Waals surface area contributed by atoms with E-state index in [-0.39, 0.29) is 0 Å². The van der Waals surface area contributed by atoms with Crippen LogP contribution in [0.15, 0.2) is 164 Å². The first-order valence-electron chi connectivity index (χ1n) is 18.5. The van der Waals surface area contributed by atoms with E-state index in [1.54, 1.807) is 0 Å². The summed E-state index contributed by atoms with van der Waals surface area (Å²) in [4.78, 5) is 9.47. The monoisotopic (exact) mass is 792 g/mol. The standard InChI is InChI=1S/C17H14NO2.2C10H9NO.C10H8O.Ga/c1-12-10-11-13-6-5-9-15-16(13)18(12)17(20-15)19-14-7-3-2-4-8-14;2*1-7-5-6-8-3-2-4-9(12)10(8)11-7;11-10-7-3-5-8-4-1-2-6-9(8)10;/h2-11,17H,1H3;2*2-6,12H,1H3;1-7,11H;/q+1;;;;+3/p-3. The minimum Gasteiger partial charge on any atom is -0.402 e. The van der Waals surface area contributed by atoms with Crippen molar-refractivity contribution in [2.75, 3.05) is 0 Å². The molecule has 10 rings (SSSR count). The van der Waals surface area contributed by atoms with Crippen molar-refractivity contribution in [3.05, 3.63) is 181 Å². The van der Waals surface area contributed by atoms with Gasteiger partial charge in [0.25, 0.3) is 5.52 Å². The van der Waals surface area contributed by atoms with Crippen molar-refractivity contribution in [1.29, 1.82) is 0 Å². The molecule has 0 spiro atoms. The number of hydrogen-bond acceptors (Lipinski definition) is 7. The number of pyridine rings is 3. The second-order valence-electron chi connectivity index (χ2n) is 13.6. The Bertz CT molecular complexity index is 2780. The molecule has 8 nitrogen and oxygen atoms in total. The maximum atomic E-state index is 6.58. The number of hydrogen-bond donors (Lipinski definition) is 0. The summed E-state index contributed by atoms with van der Waals surface area (Å²) in [5.74, 6) is 3.73. The molecule has 0 saturated carbocycles. The SMILES string of the molecule is Cc1ccc2cccc([O][Ga]([O]c3cccc4ccccc34)[O]c3cccc4ccc(C)nc34)c2n1.Cc1ccc2cccc3c2[n+]1C(Oc1ccccc1)O3. The summed E-state index contributed by atoms with van der Waals surface area (Å²) in [7, 11) is 0. The fraction of sp³-hybridized carbons (Fsp3) is 0.0851. The van der Waals surface area contributed by atoms with Gasteiger partial charge in [-0.2, -0.15) is 0 Å². The maximum absolute atomic E-state index is 6.58. The molecule has 0 saturated heterocycles. The molecular weight excluding hydrogens is 756 g/mol. The summed E-state index contributed by atoms with van der Waals surface area (Å²) in [5.41, 5.74) is 5.64. The third-order valence-electron chi connectivity index (χ3n) is 9.64. The fourth-order valence-electron chi connectivity index (χ4n) is 6.93. The van der Waals surface area contributed by atoms with Gasteiger partial charge in [-0.25, -0.2) is 0 Å². The molecule has 1 unspecified atom stereocenters. The largest absolute Gasteiger partial charge is 0.468 e. The first-order valence-corrected chi connectivity index (χ1v) is 21.5. The molecule has 0 radical (unpaired) electrons. The van der Waals surface area contributed by atoms with Gasteiger partial charge in [0.2, 0.25) is 5.75 Å². The molecule has 6 aromatic carbocycles. The van der Waals surface area contributed by atoms with Crippen LogP contribution >= 0.6 is 0 Å². The van der Waals surface area contributed by atoms with E-state index in [2.05, 4.69) is 60.0 Å². The van der Waals surface area contributed by atoms with E-state index >= 15 is 0 Å². The number of rotatable bonds is 8. The molecule has 9 heteroatoms. The van der Waals surface area contributed by atoms with E-state index in [1.165, 1.54) is 0 Å². The number of nitrogens with zero attached hydrogens (tertiary/aromatic N) is 3. The Balaban J connectivity index is 0.000000172. The Labute approximate surface area is 330 Å². The summed E-state index contributed by atoms with van der Waals surface area (Å²) in [6.07, 6.45) is -0.446. The summed E-state index contributed by atoms with van der Waals surface area (Å²) in [6.45, 7) is 6.01. The van der Waals surface area contributed by atoms with E-state index in [9.17, 15) is 0 Å². The zero-order valence-electron chi connectivity index (χ0n) is 31.1. The van der Waals surface area contributed by atoms with Crippen LogP contribution in [-0.2, 0) is 0 Å². The van der Waals surface area contributed by atoms with Crippen molar-refractivity contribution in [3.8, 4) is 28.7 Å². The molecule has 1 atom stereocenters. The third-order valence-corrected chi connectivity index (χ3v) is 12.4. The van der Waals surface area contributed by atoms with Gasteiger partial charge >= 0.3 is 222 Å². The predicted molar refractivity (Wildman–Crippen MR) is 220 cm³/mol. The Morgan fingerprint density at radius 3 is 1.73 bits per heavy atom. The van der Waals surface area contributed by atoms with Crippen LogP contribution in [0.3, 0.4) is 0 Å². The van der Waals surface area contributed by atoms with Crippen LogP contribution in [0.2, 0.25) is 0 Å². The number of benzene rings is 6. The fourth-order valence-corrected chi connectivity index (χ4v) is 9.76. The number of ether oxygens (including phenoxy) is 2. The van der Waals surface area contributed by atoms with Gasteiger partial charge in [0.05, 0.1) is 5.39 Å². The van der Waals surface area contributed by atoms with Crippen LogP contribution in [0, 0.1) is 20.8 Å². The Kier molecular flexibility index (Phi) is 9.60. The van der Waals surface area contributed by atoms with Crippen LogP contribution in [0.1, 0.15) is 23.5 Å². The first kappa shape index (κ1) is 35.2. The van der Waals surface area contributed by atoms with Gasteiger partial charge in [-0.15, -0.1) is 4.57 Å². The van der Waals surface area contributed by atoms with Crippen LogP contribution in [-0.4, -0.2) is 27.3 Å².